The Balaban J connectivity index is 2.08. The van der Waals surface area contributed by atoms with E-state index in [-0.39, 0.29) is 12.2 Å². The fourth-order valence-electron chi connectivity index (χ4n) is 6.96. The number of fused-ring (bicyclic) bond motifs is 2. The fraction of sp³-hybridized carbons (Fsp3) is 0.621. The quantitative estimate of drug-likeness (QED) is 0.536. The Kier molecular flexibility index (Phi) is 7.44. The Morgan fingerprint density at radius 3 is 1.97 bits per heavy atom. The van der Waals surface area contributed by atoms with E-state index < -0.39 is 58.8 Å². The number of likely N-dealkylation sites (tertiary alicyclic amines) is 1. The molecule has 0 amide bonds. The molecule has 0 N–H and O–H groups in total. The Labute approximate surface area is 218 Å². The molecule has 8 heteroatoms. The number of nitriles is 2. The monoisotopic (exact) mass is 505 g/mol. The number of ketones is 1. The second-order valence-corrected chi connectivity index (χ2v) is 11.1. The standard InChI is InChI=1S/C29H35N3O5/c1-18(2)36-26(34)28(16-30)21-15-22(33)23(24(21)32-13-9-6-10-14-32)29(17-31,27(35)37-19(3)4)25(28)20-11-7-5-8-12-20/h5,7-8,11-12,18-19,21,23-25H,6,9-10,13-15H2,1-4H3. The third-order valence-corrected chi connectivity index (χ3v) is 8.18. The number of Topliss-reactive ketones (excluding diaryl/α,β-unsaturated/α-hetero) is 1. The van der Waals surface area contributed by atoms with Crippen molar-refractivity contribution < 1.29 is 23.9 Å². The van der Waals surface area contributed by atoms with E-state index in [1.54, 1.807) is 58.0 Å². The van der Waals surface area contributed by atoms with Gasteiger partial charge in [0.05, 0.1) is 30.3 Å². The van der Waals surface area contributed by atoms with Crippen molar-refractivity contribution in [3.05, 3.63) is 35.9 Å². The minimum Gasteiger partial charge on any atom is -0.462 e. The van der Waals surface area contributed by atoms with E-state index in [1.807, 2.05) is 0 Å². The molecule has 196 valence electrons. The average molecular weight is 506 g/mol. The van der Waals surface area contributed by atoms with E-state index in [1.165, 1.54) is 0 Å². The van der Waals surface area contributed by atoms with Gasteiger partial charge in [-0.3, -0.25) is 19.3 Å². The van der Waals surface area contributed by atoms with Crippen LogP contribution in [0.5, 0.6) is 0 Å². The van der Waals surface area contributed by atoms with E-state index in [4.69, 9.17) is 9.47 Å². The highest BCUT2D eigenvalue weighted by Gasteiger charge is 2.78. The van der Waals surface area contributed by atoms with Crippen molar-refractivity contribution in [3.63, 3.8) is 0 Å². The van der Waals surface area contributed by atoms with E-state index in [0.29, 0.717) is 18.7 Å². The molecular weight excluding hydrogens is 470 g/mol. The van der Waals surface area contributed by atoms with Gasteiger partial charge in [0.2, 0.25) is 0 Å². The Morgan fingerprint density at radius 2 is 1.46 bits per heavy atom. The first-order valence-electron chi connectivity index (χ1n) is 13.2. The number of rotatable bonds is 6. The molecule has 0 radical (unpaired) electrons. The first-order valence-corrected chi connectivity index (χ1v) is 13.2. The molecule has 1 aromatic carbocycles. The highest BCUT2D eigenvalue weighted by molar-refractivity contribution is 5.99. The van der Waals surface area contributed by atoms with Crippen LogP contribution in [-0.4, -0.2) is 54.0 Å². The maximum atomic E-state index is 14.1. The summed E-state index contributed by atoms with van der Waals surface area (Å²) in [5, 5.41) is 21.8. The van der Waals surface area contributed by atoms with Gasteiger partial charge in [-0.1, -0.05) is 36.8 Å². The van der Waals surface area contributed by atoms with Crippen LogP contribution >= 0.6 is 0 Å². The number of esters is 2. The van der Waals surface area contributed by atoms with Gasteiger partial charge in [-0.2, -0.15) is 10.5 Å². The Morgan fingerprint density at radius 1 is 0.919 bits per heavy atom. The smallest absolute Gasteiger partial charge is 0.328 e. The molecule has 2 bridgehead atoms. The lowest BCUT2D eigenvalue weighted by Crippen LogP contribution is -2.66. The largest absolute Gasteiger partial charge is 0.462 e. The molecule has 37 heavy (non-hydrogen) atoms. The summed E-state index contributed by atoms with van der Waals surface area (Å²) >= 11 is 0. The topological polar surface area (TPSA) is 120 Å². The van der Waals surface area contributed by atoms with Crippen LogP contribution in [0.4, 0.5) is 0 Å². The first kappa shape index (κ1) is 26.8. The third kappa shape index (κ3) is 4.12. The number of hydrogen-bond acceptors (Lipinski definition) is 8. The lowest BCUT2D eigenvalue weighted by molar-refractivity contribution is -0.182. The summed E-state index contributed by atoms with van der Waals surface area (Å²) in [6.07, 6.45) is 1.68. The molecule has 1 aliphatic heterocycles. The summed E-state index contributed by atoms with van der Waals surface area (Å²) < 4.78 is 11.4. The molecule has 2 aliphatic carbocycles. The van der Waals surface area contributed by atoms with Gasteiger partial charge in [-0.25, -0.2) is 0 Å². The number of benzene rings is 1. The van der Waals surface area contributed by atoms with Crippen molar-refractivity contribution in [2.75, 3.05) is 13.1 Å². The second-order valence-electron chi connectivity index (χ2n) is 11.1. The summed E-state index contributed by atoms with van der Waals surface area (Å²) in [6, 6.07) is 12.5. The molecule has 0 aromatic heterocycles. The lowest BCUT2D eigenvalue weighted by Gasteiger charge is -2.55. The molecule has 6 atom stereocenters. The number of piperidine rings is 1. The summed E-state index contributed by atoms with van der Waals surface area (Å²) in [5.74, 6) is -4.93. The minimum absolute atomic E-state index is 0.0751. The molecule has 1 saturated heterocycles. The molecule has 3 fully saturated rings. The van der Waals surface area contributed by atoms with Crippen molar-refractivity contribution in [1.82, 2.24) is 4.90 Å². The number of nitrogens with zero attached hydrogens (tertiary/aromatic N) is 3. The van der Waals surface area contributed by atoms with Crippen molar-refractivity contribution in [2.24, 2.45) is 22.7 Å². The first-order chi connectivity index (χ1) is 17.6. The zero-order chi connectivity index (χ0) is 27.0. The Bertz CT molecular complexity index is 1130. The summed E-state index contributed by atoms with van der Waals surface area (Å²) in [7, 11) is 0. The molecule has 2 saturated carbocycles. The number of ether oxygens (including phenoxy) is 2. The summed E-state index contributed by atoms with van der Waals surface area (Å²) in [5.41, 5.74) is -3.56. The highest BCUT2D eigenvalue weighted by atomic mass is 16.5. The van der Waals surface area contributed by atoms with Gasteiger partial charge in [0, 0.05) is 24.3 Å². The van der Waals surface area contributed by atoms with E-state index >= 15 is 0 Å². The van der Waals surface area contributed by atoms with Crippen molar-refractivity contribution >= 4 is 17.7 Å². The molecule has 1 heterocycles. The van der Waals surface area contributed by atoms with Crippen LogP contribution in [0.2, 0.25) is 0 Å². The van der Waals surface area contributed by atoms with E-state index in [0.717, 1.165) is 19.3 Å². The van der Waals surface area contributed by atoms with Crippen LogP contribution < -0.4 is 0 Å². The second kappa shape index (κ2) is 10.3. The van der Waals surface area contributed by atoms with Crippen LogP contribution in [-0.2, 0) is 23.9 Å². The van der Waals surface area contributed by atoms with Gasteiger partial charge in [0.1, 0.15) is 5.78 Å². The number of carbonyl (C=O) groups excluding carboxylic acids is 3. The maximum absolute atomic E-state index is 14.1. The molecule has 4 rings (SSSR count). The lowest BCUT2D eigenvalue weighted by atomic mass is 9.47. The summed E-state index contributed by atoms with van der Waals surface area (Å²) in [6.45, 7) is 8.08. The van der Waals surface area contributed by atoms with Gasteiger partial charge in [0.15, 0.2) is 10.8 Å². The van der Waals surface area contributed by atoms with Crippen molar-refractivity contribution in [1.29, 1.82) is 10.5 Å². The predicted octanol–water partition coefficient (Wildman–Crippen LogP) is 3.77. The molecule has 1 aromatic rings. The molecular formula is C29H35N3O5. The van der Waals surface area contributed by atoms with Crippen LogP contribution in [0.1, 0.15) is 64.9 Å². The summed E-state index contributed by atoms with van der Waals surface area (Å²) in [4.78, 5) is 44.1. The minimum atomic E-state index is -2.08. The van der Waals surface area contributed by atoms with Gasteiger partial charge >= 0.3 is 11.9 Å². The number of hydrogen-bond donors (Lipinski definition) is 0. The van der Waals surface area contributed by atoms with Gasteiger partial charge in [-0.05, 0) is 59.2 Å². The normalized spacial score (nSPS) is 33.6. The van der Waals surface area contributed by atoms with Gasteiger partial charge in [-0.15, -0.1) is 0 Å². The van der Waals surface area contributed by atoms with Crippen LogP contribution in [0, 0.1) is 45.3 Å². The van der Waals surface area contributed by atoms with Crippen molar-refractivity contribution in [3.8, 4) is 12.1 Å². The number of carbonyl (C=O) groups is 3. The molecule has 6 unspecified atom stereocenters. The Hall–Kier alpha value is -3.23. The molecule has 0 spiro atoms. The fourth-order valence-corrected chi connectivity index (χ4v) is 6.96. The molecule has 8 nitrogen and oxygen atoms in total. The molecule has 3 aliphatic rings. The van der Waals surface area contributed by atoms with E-state index in [9.17, 15) is 24.9 Å². The van der Waals surface area contributed by atoms with Crippen LogP contribution in [0.3, 0.4) is 0 Å². The van der Waals surface area contributed by atoms with Gasteiger partial charge in [0.25, 0.3) is 0 Å². The van der Waals surface area contributed by atoms with E-state index in [2.05, 4.69) is 17.0 Å². The van der Waals surface area contributed by atoms with Crippen LogP contribution in [0.15, 0.2) is 30.3 Å². The van der Waals surface area contributed by atoms with Crippen molar-refractivity contribution in [2.45, 2.75) is 77.5 Å². The van der Waals surface area contributed by atoms with Gasteiger partial charge < -0.3 is 9.47 Å². The third-order valence-electron chi connectivity index (χ3n) is 8.18. The zero-order valence-corrected chi connectivity index (χ0v) is 22.0. The average Bonchev–Trinajstić information content (AvgIpc) is 3.17. The highest BCUT2D eigenvalue weighted by Crippen LogP contribution is 2.67. The SMILES string of the molecule is CC(C)OC(=O)C1(C#N)C2CC(=O)C(C2N2CCCCC2)C(C#N)(C(=O)OC(C)C)C1c1ccccc1. The zero-order valence-electron chi connectivity index (χ0n) is 22.0. The predicted molar refractivity (Wildman–Crippen MR) is 134 cm³/mol. The maximum Gasteiger partial charge on any atom is 0.328 e. The van der Waals surface area contributed by atoms with Crippen LogP contribution in [0.25, 0.3) is 0 Å².